The number of carboxylic acid groups (broad SMARTS) is 1. The number of carbonyl (C=O) groups is 1. The van der Waals surface area contributed by atoms with Crippen LogP contribution >= 0.6 is 7.60 Å². The van der Waals surface area contributed by atoms with E-state index in [-0.39, 0.29) is 43.6 Å². The molecule has 0 aliphatic rings. The summed E-state index contributed by atoms with van der Waals surface area (Å²) < 4.78 is 54.4. The maximum atomic E-state index is 13.1. The molecule has 1 N–H and O–H groups in total. The summed E-state index contributed by atoms with van der Waals surface area (Å²) in [6.45, 7) is 5.93. The highest BCUT2D eigenvalue weighted by molar-refractivity contribution is 7.57. The normalized spacial score (nSPS) is 11.5. The highest BCUT2D eigenvalue weighted by Crippen LogP contribution is 2.50. The highest BCUT2D eigenvalue weighted by atomic mass is 31.2. The molecule has 0 aliphatic heterocycles. The van der Waals surface area contributed by atoms with Gasteiger partial charge in [-0.2, -0.15) is 0 Å². The number of benzene rings is 3. The number of carboxylic acids is 1. The summed E-state index contributed by atoms with van der Waals surface area (Å²) in [6.07, 6.45) is 3.40. The summed E-state index contributed by atoms with van der Waals surface area (Å²) in [5, 5.41) is 14.2. The van der Waals surface area contributed by atoms with Crippen LogP contribution in [-0.4, -0.2) is 53.3 Å². The molecule has 0 spiro atoms. The predicted octanol–water partition coefficient (Wildman–Crippen LogP) is 7.95. The van der Waals surface area contributed by atoms with Gasteiger partial charge < -0.3 is 37.5 Å². The Hall–Kier alpha value is -5.36. The number of aryl methyl sites for hydroxylation is 1. The third-order valence-corrected chi connectivity index (χ3v) is 9.07. The Bertz CT molecular complexity index is 1990. The molecule has 14 heteroatoms. The van der Waals surface area contributed by atoms with E-state index in [1.807, 2.05) is 36.4 Å². The molecule has 3 aromatic carbocycles. The van der Waals surface area contributed by atoms with Gasteiger partial charge in [0, 0.05) is 17.6 Å². The van der Waals surface area contributed by atoms with E-state index in [1.54, 1.807) is 62.0 Å². The fourth-order valence-corrected chi connectivity index (χ4v) is 6.19. The molecule has 0 radical (unpaired) electrons. The molecule has 0 aliphatic carbocycles. The van der Waals surface area contributed by atoms with Crippen LogP contribution in [0.2, 0.25) is 0 Å². The Morgan fingerprint density at radius 1 is 0.920 bits per heavy atom. The number of rotatable bonds is 17. The number of aromatic carboxylic acids is 1. The molecule has 262 valence electrons. The molecule has 2 heterocycles. The number of hydrogen-bond donors (Lipinski definition) is 1. The second kappa shape index (κ2) is 16.4. The zero-order valence-corrected chi connectivity index (χ0v) is 29.2. The lowest BCUT2D eigenvalue weighted by molar-refractivity contribution is 0.0693. The lowest BCUT2D eigenvalue weighted by Crippen LogP contribution is -2.02. The van der Waals surface area contributed by atoms with Crippen molar-refractivity contribution in [2.24, 2.45) is 0 Å². The lowest BCUT2D eigenvalue weighted by atomic mass is 10.1. The lowest BCUT2D eigenvalue weighted by Gasteiger charge is -2.13. The molecular formula is C36H38N3O10P. The fraction of sp³-hybridized carbons (Fsp3) is 0.250. The summed E-state index contributed by atoms with van der Waals surface area (Å²) in [4.78, 5) is 16.2. The van der Waals surface area contributed by atoms with Crippen molar-refractivity contribution < 1.29 is 46.9 Å². The van der Waals surface area contributed by atoms with Crippen LogP contribution in [0, 0.1) is 6.92 Å². The van der Waals surface area contributed by atoms with E-state index in [1.165, 1.54) is 26.1 Å². The number of ether oxygens (including phenoxy) is 4. The van der Waals surface area contributed by atoms with Crippen LogP contribution in [0.25, 0.3) is 23.2 Å². The fourth-order valence-electron chi connectivity index (χ4n) is 4.88. The zero-order chi connectivity index (χ0) is 35.7. The number of oxazole rings is 1. The van der Waals surface area contributed by atoms with E-state index < -0.39 is 13.6 Å². The summed E-state index contributed by atoms with van der Waals surface area (Å²) in [5.74, 6) is 2.56. The molecule has 0 bridgehead atoms. The van der Waals surface area contributed by atoms with E-state index >= 15 is 0 Å². The van der Waals surface area contributed by atoms with Crippen molar-refractivity contribution in [3.8, 4) is 40.3 Å². The van der Waals surface area contributed by atoms with Crippen LogP contribution < -0.4 is 18.9 Å². The molecule has 5 aromatic rings. The van der Waals surface area contributed by atoms with Gasteiger partial charge in [-0.3, -0.25) is 4.57 Å². The summed E-state index contributed by atoms with van der Waals surface area (Å²) >= 11 is 0. The highest BCUT2D eigenvalue weighted by Gasteiger charge is 2.21. The topological polar surface area (TPSA) is 154 Å². The molecular weight excluding hydrogens is 665 g/mol. The van der Waals surface area contributed by atoms with Gasteiger partial charge in [-0.15, -0.1) is 5.10 Å². The molecule has 2 aromatic heterocycles. The first kappa shape index (κ1) is 35.9. The second-order valence-corrected chi connectivity index (χ2v) is 12.6. The quantitative estimate of drug-likeness (QED) is 0.0935. The minimum Gasteiger partial charge on any atom is -0.496 e. The van der Waals surface area contributed by atoms with E-state index in [0.29, 0.717) is 40.0 Å². The standard InChI is InChI=1S/C36H38N3O10P/c1-6-47-50(42,48-7-2)18-17-27-21-39(28-11-9-8-10-12-28)38-35(27)46-22-25-13-15-32(33(19-25)44-5)45-23-30-24(3)49-34(37-30)26-14-16-31(43-4)29(20-26)36(40)41/h8-21H,6-7,22-23H2,1-5H3,(H,40,41). The van der Waals surface area contributed by atoms with Crippen molar-refractivity contribution in [2.45, 2.75) is 34.0 Å². The van der Waals surface area contributed by atoms with Gasteiger partial charge in [0.05, 0.1) is 38.7 Å². The number of para-hydroxylation sites is 1. The Kier molecular flexibility index (Phi) is 11.8. The molecule has 0 saturated carbocycles. The zero-order valence-electron chi connectivity index (χ0n) is 28.3. The minimum absolute atomic E-state index is 0.00124. The number of nitrogens with zero attached hydrogens (tertiary/aromatic N) is 3. The van der Waals surface area contributed by atoms with E-state index in [2.05, 4.69) is 10.1 Å². The Morgan fingerprint density at radius 3 is 2.32 bits per heavy atom. The minimum atomic E-state index is -3.46. The van der Waals surface area contributed by atoms with Crippen molar-refractivity contribution in [2.75, 3.05) is 27.4 Å². The van der Waals surface area contributed by atoms with Gasteiger partial charge in [-0.25, -0.2) is 14.5 Å². The average Bonchev–Trinajstić information content (AvgIpc) is 3.72. The van der Waals surface area contributed by atoms with Crippen molar-refractivity contribution in [1.29, 1.82) is 0 Å². The summed E-state index contributed by atoms with van der Waals surface area (Å²) in [5.41, 5.74) is 3.21. The van der Waals surface area contributed by atoms with Crippen molar-refractivity contribution in [1.82, 2.24) is 14.8 Å². The van der Waals surface area contributed by atoms with Crippen LogP contribution in [0.15, 0.2) is 83.2 Å². The van der Waals surface area contributed by atoms with Crippen LogP contribution in [0.1, 0.15) is 46.8 Å². The van der Waals surface area contributed by atoms with Gasteiger partial charge in [0.15, 0.2) is 11.5 Å². The number of aromatic nitrogens is 3. The van der Waals surface area contributed by atoms with Crippen molar-refractivity contribution in [3.05, 3.63) is 107 Å². The first-order chi connectivity index (χ1) is 24.2. The SMILES string of the molecule is CCOP(=O)(C=Cc1cn(-c2ccccc2)nc1OCc1ccc(OCc2nc(-c3ccc(OC)c(C(=O)O)c3)oc2C)c(OC)c1)OCC. The van der Waals surface area contributed by atoms with Crippen molar-refractivity contribution in [3.63, 3.8) is 0 Å². The smallest absolute Gasteiger partial charge is 0.354 e. The van der Waals surface area contributed by atoms with E-state index in [4.69, 9.17) is 32.4 Å². The molecule has 13 nitrogen and oxygen atoms in total. The molecule has 5 rings (SSSR count). The third kappa shape index (κ3) is 8.61. The van der Waals surface area contributed by atoms with Crippen LogP contribution in [0.4, 0.5) is 0 Å². The van der Waals surface area contributed by atoms with E-state index in [0.717, 1.165) is 11.3 Å². The molecule has 0 atom stereocenters. The Labute approximate surface area is 289 Å². The third-order valence-electron chi connectivity index (χ3n) is 7.32. The first-order valence-electron chi connectivity index (χ1n) is 15.7. The number of hydrogen-bond acceptors (Lipinski definition) is 11. The largest absolute Gasteiger partial charge is 0.496 e. The molecule has 50 heavy (non-hydrogen) atoms. The van der Waals surface area contributed by atoms with Crippen LogP contribution in [0.3, 0.4) is 0 Å². The van der Waals surface area contributed by atoms with Crippen molar-refractivity contribution >= 4 is 19.6 Å². The van der Waals surface area contributed by atoms with Crippen LogP contribution in [-0.2, 0) is 26.8 Å². The van der Waals surface area contributed by atoms with Gasteiger partial charge in [0.25, 0.3) is 0 Å². The van der Waals surface area contributed by atoms with Gasteiger partial charge in [0.2, 0.25) is 11.8 Å². The molecule has 0 saturated heterocycles. The van der Waals surface area contributed by atoms with Crippen LogP contribution in [0.5, 0.6) is 23.1 Å². The Balaban J connectivity index is 1.31. The van der Waals surface area contributed by atoms with Gasteiger partial charge >= 0.3 is 13.6 Å². The maximum Gasteiger partial charge on any atom is 0.354 e. The molecule has 0 amide bonds. The molecule has 0 unspecified atom stereocenters. The predicted molar refractivity (Wildman–Crippen MR) is 185 cm³/mol. The summed E-state index contributed by atoms with van der Waals surface area (Å²) in [6, 6.07) is 19.6. The van der Waals surface area contributed by atoms with E-state index in [9.17, 15) is 14.5 Å². The average molecular weight is 704 g/mol. The molecule has 0 fully saturated rings. The first-order valence-corrected chi connectivity index (χ1v) is 17.3. The van der Waals surface area contributed by atoms with Gasteiger partial charge in [-0.1, -0.05) is 24.3 Å². The monoisotopic (exact) mass is 703 g/mol. The number of methoxy groups -OCH3 is 2. The van der Waals surface area contributed by atoms with Gasteiger partial charge in [0.1, 0.15) is 36.0 Å². The second-order valence-electron chi connectivity index (χ2n) is 10.7. The summed E-state index contributed by atoms with van der Waals surface area (Å²) in [7, 11) is -0.511. The maximum absolute atomic E-state index is 13.1. The van der Waals surface area contributed by atoms with Gasteiger partial charge in [-0.05, 0) is 74.9 Å². The Morgan fingerprint density at radius 2 is 1.64 bits per heavy atom.